The molecule has 0 atom stereocenters. The number of hydrogen-bond donors (Lipinski definition) is 1. The predicted octanol–water partition coefficient (Wildman–Crippen LogP) is 1.32. The smallest absolute Gasteiger partial charge is 0.226 e. The van der Waals surface area contributed by atoms with E-state index in [9.17, 15) is 4.79 Å². The van der Waals surface area contributed by atoms with Crippen molar-refractivity contribution in [3.8, 4) is 11.5 Å². The van der Waals surface area contributed by atoms with Crippen LogP contribution >= 0.6 is 0 Å². The molecule has 0 aliphatic heterocycles. The molecule has 0 saturated heterocycles. The quantitative estimate of drug-likeness (QED) is 0.861. The van der Waals surface area contributed by atoms with E-state index in [-0.39, 0.29) is 5.91 Å². The minimum atomic E-state index is -0.121. The Balaban J connectivity index is 1.96. The van der Waals surface area contributed by atoms with E-state index in [4.69, 9.17) is 9.47 Å². The summed E-state index contributed by atoms with van der Waals surface area (Å²) in [5.74, 6) is 1.10. The van der Waals surface area contributed by atoms with Crippen molar-refractivity contribution < 1.29 is 14.3 Å². The van der Waals surface area contributed by atoms with Gasteiger partial charge >= 0.3 is 0 Å². The molecule has 20 heavy (non-hydrogen) atoms. The number of carbonyl (C=O) groups is 1. The average molecular weight is 276 g/mol. The third-order valence-electron chi connectivity index (χ3n) is 2.72. The number of benzene rings is 1. The Kier molecular flexibility index (Phi) is 4.54. The second-order valence-electron chi connectivity index (χ2n) is 4.02. The highest BCUT2D eigenvalue weighted by Gasteiger charge is 2.09. The normalized spacial score (nSPS) is 10.1. The van der Waals surface area contributed by atoms with Crippen molar-refractivity contribution in [1.29, 1.82) is 0 Å². The van der Waals surface area contributed by atoms with E-state index in [1.165, 1.54) is 6.33 Å². The summed E-state index contributed by atoms with van der Waals surface area (Å²) in [6.45, 7) is 0.476. The minimum Gasteiger partial charge on any atom is -0.497 e. The highest BCUT2D eigenvalue weighted by molar-refractivity contribution is 5.92. The number of aromatic nitrogens is 3. The number of hydrogen-bond acceptors (Lipinski definition) is 5. The Morgan fingerprint density at radius 2 is 2.20 bits per heavy atom. The zero-order valence-electron chi connectivity index (χ0n) is 11.4. The molecular weight excluding hydrogens is 260 g/mol. The van der Waals surface area contributed by atoms with E-state index in [2.05, 4.69) is 15.4 Å². The summed E-state index contributed by atoms with van der Waals surface area (Å²) in [5, 5.41) is 6.73. The molecule has 0 unspecified atom stereocenters. The number of methoxy groups -OCH3 is 2. The Bertz CT molecular complexity index is 569. The number of rotatable bonds is 6. The average Bonchev–Trinajstić information content (AvgIpc) is 2.99. The Labute approximate surface area is 116 Å². The molecule has 7 nitrogen and oxygen atoms in total. The van der Waals surface area contributed by atoms with Crippen molar-refractivity contribution >= 4 is 11.6 Å². The van der Waals surface area contributed by atoms with Gasteiger partial charge in [-0.05, 0) is 12.1 Å². The number of anilines is 1. The van der Waals surface area contributed by atoms with Crippen molar-refractivity contribution in [2.75, 3.05) is 19.5 Å². The molecule has 106 valence electrons. The fourth-order valence-corrected chi connectivity index (χ4v) is 1.68. The lowest BCUT2D eigenvalue weighted by Gasteiger charge is -2.11. The summed E-state index contributed by atoms with van der Waals surface area (Å²) < 4.78 is 11.9. The summed E-state index contributed by atoms with van der Waals surface area (Å²) >= 11 is 0. The molecule has 7 heteroatoms. The molecule has 0 bridgehead atoms. The van der Waals surface area contributed by atoms with Crippen LogP contribution in [0.5, 0.6) is 11.5 Å². The molecule has 0 aliphatic rings. The van der Waals surface area contributed by atoms with Gasteiger partial charge in [-0.15, -0.1) is 0 Å². The van der Waals surface area contributed by atoms with E-state index in [1.54, 1.807) is 43.4 Å². The first kappa shape index (κ1) is 13.9. The first-order chi connectivity index (χ1) is 9.72. The lowest BCUT2D eigenvalue weighted by Crippen LogP contribution is -2.15. The third-order valence-corrected chi connectivity index (χ3v) is 2.72. The van der Waals surface area contributed by atoms with Crippen molar-refractivity contribution in [3.63, 3.8) is 0 Å². The van der Waals surface area contributed by atoms with E-state index < -0.39 is 0 Å². The van der Waals surface area contributed by atoms with E-state index >= 15 is 0 Å². The van der Waals surface area contributed by atoms with Gasteiger partial charge in [-0.3, -0.25) is 9.48 Å². The maximum Gasteiger partial charge on any atom is 0.226 e. The molecule has 2 aromatic rings. The van der Waals surface area contributed by atoms with Crippen LogP contribution in [0.4, 0.5) is 5.69 Å². The van der Waals surface area contributed by atoms with Gasteiger partial charge in [-0.2, -0.15) is 5.10 Å². The summed E-state index contributed by atoms with van der Waals surface area (Å²) in [6.07, 6.45) is 3.31. The molecule has 0 radical (unpaired) electrons. The van der Waals surface area contributed by atoms with Crippen LogP contribution in [-0.4, -0.2) is 34.9 Å². The van der Waals surface area contributed by atoms with Crippen molar-refractivity contribution in [2.24, 2.45) is 0 Å². The maximum absolute atomic E-state index is 11.9. The van der Waals surface area contributed by atoms with Crippen LogP contribution in [0.3, 0.4) is 0 Å². The zero-order valence-corrected chi connectivity index (χ0v) is 11.4. The van der Waals surface area contributed by atoms with Crippen LogP contribution in [-0.2, 0) is 11.3 Å². The van der Waals surface area contributed by atoms with Gasteiger partial charge in [0.05, 0.1) is 26.5 Å². The van der Waals surface area contributed by atoms with Crippen LogP contribution in [0.25, 0.3) is 0 Å². The SMILES string of the molecule is COc1ccc(NC(=O)CCn2cncn2)c(OC)c1. The lowest BCUT2D eigenvalue weighted by molar-refractivity contribution is -0.116. The molecule has 0 aliphatic carbocycles. The van der Waals surface area contributed by atoms with Gasteiger partial charge in [0.2, 0.25) is 5.91 Å². The molecule has 1 aromatic heterocycles. The van der Waals surface area contributed by atoms with Crippen LogP contribution in [0, 0.1) is 0 Å². The second-order valence-corrected chi connectivity index (χ2v) is 4.02. The maximum atomic E-state index is 11.9. The Morgan fingerprint density at radius 3 is 2.85 bits per heavy atom. The molecule has 0 fully saturated rings. The van der Waals surface area contributed by atoms with Crippen LogP contribution in [0.15, 0.2) is 30.9 Å². The first-order valence-electron chi connectivity index (χ1n) is 6.07. The van der Waals surface area contributed by atoms with E-state index in [0.717, 1.165) is 0 Å². The molecule has 1 N–H and O–H groups in total. The number of aryl methyl sites for hydroxylation is 1. The van der Waals surface area contributed by atoms with Crippen LogP contribution in [0.1, 0.15) is 6.42 Å². The summed E-state index contributed by atoms with van der Waals surface area (Å²) in [7, 11) is 3.12. The standard InChI is InChI=1S/C13H16N4O3/c1-19-10-3-4-11(12(7-10)20-2)16-13(18)5-6-17-9-14-8-15-17/h3-4,7-9H,5-6H2,1-2H3,(H,16,18). The second kappa shape index (κ2) is 6.55. The number of carbonyl (C=O) groups excluding carboxylic acids is 1. The molecule has 1 heterocycles. The van der Waals surface area contributed by atoms with Crippen molar-refractivity contribution in [3.05, 3.63) is 30.9 Å². The van der Waals surface area contributed by atoms with Gasteiger partial charge in [-0.1, -0.05) is 0 Å². The monoisotopic (exact) mass is 276 g/mol. The molecule has 0 spiro atoms. The minimum absolute atomic E-state index is 0.121. The highest BCUT2D eigenvalue weighted by atomic mass is 16.5. The zero-order chi connectivity index (χ0) is 14.4. The lowest BCUT2D eigenvalue weighted by atomic mass is 10.2. The van der Waals surface area contributed by atoms with Gasteiger partial charge in [0, 0.05) is 12.5 Å². The van der Waals surface area contributed by atoms with Gasteiger partial charge in [-0.25, -0.2) is 4.98 Å². The fraction of sp³-hybridized carbons (Fsp3) is 0.308. The molecule has 1 amide bonds. The first-order valence-corrected chi connectivity index (χ1v) is 6.07. The van der Waals surface area contributed by atoms with Gasteiger partial charge in [0.15, 0.2) is 0 Å². The van der Waals surface area contributed by atoms with Gasteiger partial charge in [0.1, 0.15) is 24.2 Å². The number of nitrogens with one attached hydrogen (secondary N) is 1. The van der Waals surface area contributed by atoms with E-state index in [1.807, 2.05) is 0 Å². The number of amides is 1. The Hall–Kier alpha value is -2.57. The largest absolute Gasteiger partial charge is 0.497 e. The van der Waals surface area contributed by atoms with E-state index in [0.29, 0.717) is 30.2 Å². The fourth-order valence-electron chi connectivity index (χ4n) is 1.68. The van der Waals surface area contributed by atoms with Gasteiger partial charge < -0.3 is 14.8 Å². The molecule has 2 rings (SSSR count). The summed E-state index contributed by atoms with van der Waals surface area (Å²) in [6, 6.07) is 5.22. The molecule has 1 aromatic carbocycles. The van der Waals surface area contributed by atoms with Crippen molar-refractivity contribution in [1.82, 2.24) is 14.8 Å². The van der Waals surface area contributed by atoms with Gasteiger partial charge in [0.25, 0.3) is 0 Å². The molecular formula is C13H16N4O3. The third kappa shape index (κ3) is 3.47. The summed E-state index contributed by atoms with van der Waals surface area (Å²) in [4.78, 5) is 15.7. The predicted molar refractivity (Wildman–Crippen MR) is 72.8 cm³/mol. The number of ether oxygens (including phenoxy) is 2. The van der Waals surface area contributed by atoms with Crippen LogP contribution < -0.4 is 14.8 Å². The number of nitrogens with zero attached hydrogens (tertiary/aromatic N) is 3. The van der Waals surface area contributed by atoms with Crippen molar-refractivity contribution in [2.45, 2.75) is 13.0 Å². The topological polar surface area (TPSA) is 78.3 Å². The van der Waals surface area contributed by atoms with Crippen LogP contribution in [0.2, 0.25) is 0 Å². The summed E-state index contributed by atoms with van der Waals surface area (Å²) in [5.41, 5.74) is 0.608. The molecule has 0 saturated carbocycles. The Morgan fingerprint density at radius 1 is 1.35 bits per heavy atom. The highest BCUT2D eigenvalue weighted by Crippen LogP contribution is 2.29.